The van der Waals surface area contributed by atoms with Crippen molar-refractivity contribution in [2.45, 2.75) is 399 Å². The monoisotopic (exact) mass is 1110 g/mol. The van der Waals surface area contributed by atoms with Crippen molar-refractivity contribution in [2.75, 3.05) is 13.2 Å². The summed E-state index contributed by atoms with van der Waals surface area (Å²) in [6, 6.07) is 0. The third kappa shape index (κ3) is 66.3. The normalized spacial score (nSPS) is 12.2. The third-order valence-corrected chi connectivity index (χ3v) is 16.1. The Bertz CT molecular complexity index is 1320. The van der Waals surface area contributed by atoms with Crippen LogP contribution >= 0.6 is 0 Å². The Morgan fingerprint density at radius 2 is 0.456 bits per heavy atom. The third-order valence-electron chi connectivity index (χ3n) is 16.1. The summed E-state index contributed by atoms with van der Waals surface area (Å²) in [6.45, 7) is 6.68. The number of rotatable bonds is 66. The molecule has 0 aromatic heterocycles. The van der Waals surface area contributed by atoms with Crippen molar-refractivity contribution >= 4 is 17.9 Å². The maximum absolute atomic E-state index is 13.0. The summed E-state index contributed by atoms with van der Waals surface area (Å²) in [5.74, 6) is -0.852. The molecular weight excluding hydrogens is 973 g/mol. The molecule has 0 fully saturated rings. The largest absolute Gasteiger partial charge is 0.462 e. The summed E-state index contributed by atoms with van der Waals surface area (Å²) < 4.78 is 17.0. The van der Waals surface area contributed by atoms with E-state index in [1.807, 2.05) is 0 Å². The number of esters is 3. The first kappa shape index (κ1) is 76.6. The van der Waals surface area contributed by atoms with Crippen LogP contribution in [0.15, 0.2) is 36.5 Å². The second kappa shape index (κ2) is 68.1. The van der Waals surface area contributed by atoms with Crippen LogP contribution in [0.2, 0.25) is 0 Å². The lowest BCUT2D eigenvalue weighted by Crippen LogP contribution is -2.30. The number of ether oxygens (including phenoxy) is 3. The lowest BCUT2D eigenvalue weighted by molar-refractivity contribution is -0.167. The molecule has 0 rings (SSSR count). The second-order valence-electron chi connectivity index (χ2n) is 24.1. The molecule has 0 heterocycles. The van der Waals surface area contributed by atoms with Gasteiger partial charge in [-0.1, -0.05) is 333 Å². The Kier molecular flexibility index (Phi) is 66.1. The fourth-order valence-electron chi connectivity index (χ4n) is 10.8. The van der Waals surface area contributed by atoms with Crippen LogP contribution in [0.5, 0.6) is 0 Å². The average Bonchev–Trinajstić information content (AvgIpc) is 3.45. The van der Waals surface area contributed by atoms with Crippen molar-refractivity contribution in [2.24, 2.45) is 0 Å². The SMILES string of the molecule is CCCCC/C=C\C/C=C\CCCCCCCCCC(=O)OCC(COC(=O)CCCCCCCCCCCCCCCCCCCCCCCCCCC)OC(=O)CCCCCCCCCCC/C=C\CCCCCCCC. The molecule has 0 spiro atoms. The van der Waals surface area contributed by atoms with E-state index in [-0.39, 0.29) is 31.1 Å². The fourth-order valence-corrected chi connectivity index (χ4v) is 10.8. The van der Waals surface area contributed by atoms with Crippen LogP contribution in [-0.4, -0.2) is 37.2 Å². The first-order valence-electron chi connectivity index (χ1n) is 35.5. The van der Waals surface area contributed by atoms with Gasteiger partial charge < -0.3 is 14.2 Å². The van der Waals surface area contributed by atoms with Gasteiger partial charge in [0.25, 0.3) is 0 Å². The van der Waals surface area contributed by atoms with E-state index in [4.69, 9.17) is 14.2 Å². The van der Waals surface area contributed by atoms with Crippen LogP contribution < -0.4 is 0 Å². The predicted octanol–water partition coefficient (Wildman–Crippen LogP) is 24.3. The minimum absolute atomic E-state index is 0.0707. The van der Waals surface area contributed by atoms with Crippen LogP contribution in [0.4, 0.5) is 0 Å². The van der Waals surface area contributed by atoms with Gasteiger partial charge in [-0.15, -0.1) is 0 Å². The highest BCUT2D eigenvalue weighted by atomic mass is 16.6. The zero-order chi connectivity index (χ0) is 57.1. The van der Waals surface area contributed by atoms with Crippen LogP contribution in [0.3, 0.4) is 0 Å². The maximum Gasteiger partial charge on any atom is 0.306 e. The summed E-state index contributed by atoms with van der Waals surface area (Å²) in [7, 11) is 0. The minimum atomic E-state index is -0.776. The molecule has 6 heteroatoms. The van der Waals surface area contributed by atoms with Gasteiger partial charge in [0.2, 0.25) is 0 Å². The lowest BCUT2D eigenvalue weighted by Gasteiger charge is -2.18. The molecule has 6 nitrogen and oxygen atoms in total. The van der Waals surface area contributed by atoms with Gasteiger partial charge in [0, 0.05) is 19.3 Å². The topological polar surface area (TPSA) is 78.9 Å². The van der Waals surface area contributed by atoms with E-state index in [1.54, 1.807) is 0 Å². The molecule has 0 aliphatic carbocycles. The van der Waals surface area contributed by atoms with Gasteiger partial charge >= 0.3 is 17.9 Å². The molecule has 0 amide bonds. The Balaban J connectivity index is 4.28. The van der Waals surface area contributed by atoms with E-state index in [0.29, 0.717) is 19.3 Å². The molecule has 0 saturated heterocycles. The summed E-state index contributed by atoms with van der Waals surface area (Å²) >= 11 is 0. The van der Waals surface area contributed by atoms with Gasteiger partial charge in [-0.25, -0.2) is 0 Å². The van der Waals surface area contributed by atoms with Crippen molar-refractivity contribution in [1.82, 2.24) is 0 Å². The highest BCUT2D eigenvalue weighted by Gasteiger charge is 2.19. The summed E-state index contributed by atoms with van der Waals surface area (Å²) in [5.41, 5.74) is 0. The number of carbonyl (C=O) groups is 3. The highest BCUT2D eigenvalue weighted by molar-refractivity contribution is 5.71. The van der Waals surface area contributed by atoms with Crippen molar-refractivity contribution in [3.8, 4) is 0 Å². The van der Waals surface area contributed by atoms with E-state index in [0.717, 1.165) is 70.6 Å². The van der Waals surface area contributed by atoms with Gasteiger partial charge in [0.05, 0.1) is 0 Å². The minimum Gasteiger partial charge on any atom is -0.462 e. The molecular formula is C73H136O6. The molecule has 79 heavy (non-hydrogen) atoms. The van der Waals surface area contributed by atoms with Crippen molar-refractivity contribution < 1.29 is 28.6 Å². The van der Waals surface area contributed by atoms with Crippen LogP contribution in [0.1, 0.15) is 393 Å². The Labute approximate surface area is 493 Å². The zero-order valence-electron chi connectivity index (χ0n) is 53.4. The van der Waals surface area contributed by atoms with E-state index < -0.39 is 6.10 Å². The Morgan fingerprint density at radius 3 is 0.734 bits per heavy atom. The molecule has 0 aromatic rings. The van der Waals surface area contributed by atoms with Gasteiger partial charge in [-0.2, -0.15) is 0 Å². The highest BCUT2D eigenvalue weighted by Crippen LogP contribution is 2.18. The molecule has 0 aliphatic rings. The standard InChI is InChI=1S/C73H136O6/c1-4-7-10-13-16-19-22-25-28-31-33-34-35-36-37-38-40-42-45-48-51-54-57-60-63-66-72(75)78-69-70(68-77-71(74)65-62-59-56-53-50-47-44-41-30-27-24-21-18-15-12-9-6-3)79-73(76)67-64-61-58-55-52-49-46-43-39-32-29-26-23-20-17-14-11-8-5-2/h18,21,26-27,29-30,70H,4-17,19-20,22-25,28,31-69H2,1-3H3/b21-18-,29-26-,30-27-. The Hall–Kier alpha value is -2.37. The fraction of sp³-hybridized carbons (Fsp3) is 0.877. The van der Waals surface area contributed by atoms with Gasteiger partial charge in [0.15, 0.2) is 6.10 Å². The molecule has 0 saturated carbocycles. The molecule has 0 N–H and O–H groups in total. The molecule has 1 unspecified atom stereocenters. The maximum atomic E-state index is 13.0. The molecule has 464 valence electrons. The van der Waals surface area contributed by atoms with E-state index in [2.05, 4.69) is 57.2 Å². The van der Waals surface area contributed by atoms with Crippen LogP contribution in [-0.2, 0) is 28.6 Å². The van der Waals surface area contributed by atoms with E-state index in [9.17, 15) is 14.4 Å². The first-order valence-corrected chi connectivity index (χ1v) is 35.5. The molecule has 0 aromatic carbocycles. The molecule has 0 aliphatic heterocycles. The van der Waals surface area contributed by atoms with Crippen LogP contribution in [0.25, 0.3) is 0 Å². The second-order valence-corrected chi connectivity index (χ2v) is 24.1. The number of carbonyl (C=O) groups excluding carboxylic acids is 3. The summed E-state index contributed by atoms with van der Waals surface area (Å²) in [5, 5.41) is 0. The number of allylic oxidation sites excluding steroid dienone is 6. The van der Waals surface area contributed by atoms with Crippen LogP contribution in [0, 0.1) is 0 Å². The predicted molar refractivity (Wildman–Crippen MR) is 344 cm³/mol. The number of hydrogen-bond acceptors (Lipinski definition) is 6. The summed E-state index contributed by atoms with van der Waals surface area (Å²) in [6.07, 6.45) is 84.5. The van der Waals surface area contributed by atoms with Crippen molar-refractivity contribution in [1.29, 1.82) is 0 Å². The van der Waals surface area contributed by atoms with Crippen molar-refractivity contribution in [3.05, 3.63) is 36.5 Å². The quantitative estimate of drug-likeness (QED) is 0.0261. The van der Waals surface area contributed by atoms with Gasteiger partial charge in [-0.05, 0) is 77.0 Å². The number of unbranched alkanes of at least 4 members (excludes halogenated alkanes) is 49. The molecule has 1 atom stereocenters. The molecule has 0 radical (unpaired) electrons. The zero-order valence-corrected chi connectivity index (χ0v) is 53.4. The van der Waals surface area contributed by atoms with E-state index >= 15 is 0 Å². The van der Waals surface area contributed by atoms with Gasteiger partial charge in [-0.3, -0.25) is 14.4 Å². The molecule has 0 bridgehead atoms. The Morgan fingerprint density at radius 1 is 0.253 bits per heavy atom. The van der Waals surface area contributed by atoms with Gasteiger partial charge in [0.1, 0.15) is 13.2 Å². The summed E-state index contributed by atoms with van der Waals surface area (Å²) in [4.78, 5) is 38.5. The lowest BCUT2D eigenvalue weighted by atomic mass is 10.0. The van der Waals surface area contributed by atoms with E-state index in [1.165, 1.54) is 283 Å². The smallest absolute Gasteiger partial charge is 0.306 e. The number of hydrogen-bond donors (Lipinski definition) is 0. The first-order chi connectivity index (χ1) is 39.0. The van der Waals surface area contributed by atoms with Crippen molar-refractivity contribution in [3.63, 3.8) is 0 Å². The average molecular weight is 1110 g/mol.